The number of aromatic hydroxyl groups is 2. The van der Waals surface area contributed by atoms with Gasteiger partial charge in [-0.2, -0.15) is 30.1 Å². The summed E-state index contributed by atoms with van der Waals surface area (Å²) >= 11 is 0. The van der Waals surface area contributed by atoms with Crippen LogP contribution in [0.4, 0.5) is 23.3 Å². The number of hydrogen-bond acceptors (Lipinski definition) is 19. The summed E-state index contributed by atoms with van der Waals surface area (Å²) in [4.78, 5) is 50.2. The highest BCUT2D eigenvalue weighted by Crippen LogP contribution is 2.31. The number of esters is 1. The van der Waals surface area contributed by atoms with Crippen molar-refractivity contribution < 1.29 is 35.1 Å². The molecule has 10 aromatic rings. The molecule has 12 rings (SSSR count). The summed E-state index contributed by atoms with van der Waals surface area (Å²) in [6, 6.07) is 29.8. The van der Waals surface area contributed by atoms with Gasteiger partial charge in [0.25, 0.3) is 0 Å². The molecular weight excluding hydrogens is 985 g/mol. The Labute approximate surface area is 441 Å². The molecule has 2 aliphatic rings. The first kappa shape index (κ1) is 50.2. The van der Waals surface area contributed by atoms with Crippen molar-refractivity contribution in [2.75, 3.05) is 78.6 Å². The molecule has 5 N–H and O–H groups in total. The number of piperazine rings is 2. The number of benzene rings is 4. The number of carbonyl (C=O) groups excluding carboxylic acids is 1. The number of nitrogens with zero attached hydrogens (tertiary/aromatic N) is 16. The first-order valence-electron chi connectivity index (χ1n) is 25.4. The lowest BCUT2D eigenvalue weighted by Gasteiger charge is -2.36. The minimum absolute atomic E-state index is 0.0369. The highest BCUT2D eigenvalue weighted by atomic mass is 16.6. The zero-order valence-electron chi connectivity index (χ0n) is 42.8. The summed E-state index contributed by atoms with van der Waals surface area (Å²) in [6.45, 7) is 11.1. The molecule has 0 bridgehead atoms. The Morgan fingerprint density at radius 3 is 1.39 bits per heavy atom. The van der Waals surface area contributed by atoms with Crippen LogP contribution in [0.5, 0.6) is 11.5 Å². The summed E-state index contributed by atoms with van der Waals surface area (Å²) in [7, 11) is 0. The molecule has 0 spiro atoms. The maximum absolute atomic E-state index is 12.7. The Balaban J connectivity index is 0.000000165. The monoisotopic (exact) mass is 1040 g/mol. The quantitative estimate of drug-likeness (QED) is 0.104. The van der Waals surface area contributed by atoms with E-state index in [1.54, 1.807) is 50.9 Å². The number of phenols is 2. The molecule has 396 valence electrons. The van der Waals surface area contributed by atoms with E-state index in [1.165, 1.54) is 0 Å². The fourth-order valence-corrected chi connectivity index (χ4v) is 9.79. The minimum Gasteiger partial charge on any atom is -0.508 e. The second kappa shape index (κ2) is 21.0. The Kier molecular flexibility index (Phi) is 13.7. The molecule has 8 heterocycles. The van der Waals surface area contributed by atoms with Gasteiger partial charge in [-0.15, -0.1) is 0 Å². The van der Waals surface area contributed by atoms with Crippen molar-refractivity contribution in [3.05, 3.63) is 121 Å². The molecule has 0 saturated carbocycles. The Bertz CT molecular complexity index is 3720. The van der Waals surface area contributed by atoms with Crippen molar-refractivity contribution in [1.82, 2.24) is 58.6 Å². The average molecular weight is 1040 g/mol. The molecule has 0 aliphatic carbocycles. The molecule has 4 aromatic carbocycles. The number of fused-ring (bicyclic) bond motifs is 4. The van der Waals surface area contributed by atoms with E-state index in [4.69, 9.17) is 24.7 Å². The number of aliphatic hydroxyl groups excluding tert-OH is 3. The van der Waals surface area contributed by atoms with Crippen molar-refractivity contribution >= 4 is 73.4 Å². The van der Waals surface area contributed by atoms with Gasteiger partial charge in [0.2, 0.25) is 11.9 Å². The van der Waals surface area contributed by atoms with Gasteiger partial charge in [0.1, 0.15) is 23.6 Å². The smallest absolute Gasteiger partial charge is 0.326 e. The number of aliphatic hydroxyl groups is 3. The van der Waals surface area contributed by atoms with Crippen LogP contribution in [0.1, 0.15) is 32.2 Å². The predicted octanol–water partition coefficient (Wildman–Crippen LogP) is 4.71. The van der Waals surface area contributed by atoms with Crippen molar-refractivity contribution in [3.8, 4) is 23.1 Å². The van der Waals surface area contributed by atoms with Crippen molar-refractivity contribution in [2.24, 2.45) is 0 Å². The highest BCUT2D eigenvalue weighted by Gasteiger charge is 2.28. The summed E-state index contributed by atoms with van der Waals surface area (Å²) in [6.07, 6.45) is 3.22. The van der Waals surface area contributed by atoms with Gasteiger partial charge in [-0.3, -0.25) is 4.79 Å². The maximum Gasteiger partial charge on any atom is 0.326 e. The van der Waals surface area contributed by atoms with Crippen LogP contribution in [-0.4, -0.2) is 155 Å². The van der Waals surface area contributed by atoms with E-state index in [9.17, 15) is 30.3 Å². The topological polar surface area (TPSA) is 263 Å². The molecule has 2 fully saturated rings. The summed E-state index contributed by atoms with van der Waals surface area (Å²) < 4.78 is 12.4. The largest absolute Gasteiger partial charge is 0.508 e. The molecule has 2 aliphatic heterocycles. The van der Waals surface area contributed by atoms with Crippen LogP contribution in [-0.2, 0) is 35.8 Å². The second-order valence-electron chi connectivity index (χ2n) is 19.7. The molecule has 0 unspecified atom stereocenters. The first-order chi connectivity index (χ1) is 37.4. The van der Waals surface area contributed by atoms with Gasteiger partial charge in [-0.1, -0.05) is 36.4 Å². The van der Waals surface area contributed by atoms with Crippen molar-refractivity contribution in [2.45, 2.75) is 52.7 Å². The van der Waals surface area contributed by atoms with E-state index in [-0.39, 0.29) is 37.9 Å². The van der Waals surface area contributed by atoms with Gasteiger partial charge < -0.3 is 59.0 Å². The van der Waals surface area contributed by atoms with Gasteiger partial charge in [-0.05, 0) is 81.4 Å². The van der Waals surface area contributed by atoms with Crippen LogP contribution >= 0.6 is 0 Å². The third-order valence-electron chi connectivity index (χ3n) is 13.5. The first-order valence-corrected chi connectivity index (χ1v) is 25.4. The van der Waals surface area contributed by atoms with Gasteiger partial charge in [0.05, 0.1) is 54.9 Å². The van der Waals surface area contributed by atoms with Gasteiger partial charge >= 0.3 is 5.97 Å². The minimum atomic E-state index is -0.620. The number of anilines is 4. The molecule has 23 heteroatoms. The van der Waals surface area contributed by atoms with Crippen molar-refractivity contribution in [1.29, 1.82) is 0 Å². The van der Waals surface area contributed by atoms with Crippen LogP contribution in [0.2, 0.25) is 0 Å². The molecule has 0 radical (unpaired) electrons. The normalized spacial score (nSPS) is 14.3. The number of para-hydroxylation sites is 2. The Morgan fingerprint density at radius 2 is 0.961 bits per heavy atom. The molecular formula is C54H58N16O7. The lowest BCUT2D eigenvalue weighted by Crippen LogP contribution is -2.47. The van der Waals surface area contributed by atoms with E-state index in [0.717, 1.165) is 59.4 Å². The lowest BCUT2D eigenvalue weighted by molar-refractivity contribution is -0.155. The molecule has 77 heavy (non-hydrogen) atoms. The van der Waals surface area contributed by atoms with Gasteiger partial charge in [-0.25, -0.2) is 19.3 Å². The lowest BCUT2D eigenvalue weighted by atomic mass is 10.2. The third kappa shape index (κ3) is 10.2. The number of rotatable bonds is 12. The number of imidazole rings is 2. The zero-order valence-corrected chi connectivity index (χ0v) is 42.8. The summed E-state index contributed by atoms with van der Waals surface area (Å²) in [5.41, 5.74) is 6.34. The molecule has 0 amide bonds. The number of carbonyl (C=O) groups is 1. The fraction of sp³-hybridized carbons (Fsp3) is 0.315. The molecule has 6 aromatic heterocycles. The second-order valence-corrected chi connectivity index (χ2v) is 19.7. The van der Waals surface area contributed by atoms with E-state index in [0.29, 0.717) is 90.0 Å². The van der Waals surface area contributed by atoms with Gasteiger partial charge in [0.15, 0.2) is 34.0 Å². The Hall–Kier alpha value is -8.93. The van der Waals surface area contributed by atoms with E-state index < -0.39 is 11.6 Å². The number of phenolic OH excluding ortho intramolecular Hbond substituents is 2. The predicted molar refractivity (Wildman–Crippen MR) is 290 cm³/mol. The average Bonchev–Trinajstić information content (AvgIpc) is 4.35. The summed E-state index contributed by atoms with van der Waals surface area (Å²) in [5.74, 6) is 2.14. The molecule has 2 saturated heterocycles. The van der Waals surface area contributed by atoms with Crippen LogP contribution in [0.15, 0.2) is 110 Å². The third-order valence-corrected chi connectivity index (χ3v) is 13.5. The highest BCUT2D eigenvalue weighted by molar-refractivity contribution is 5.89. The molecule has 0 atom stereocenters. The van der Waals surface area contributed by atoms with E-state index in [1.807, 2.05) is 98.1 Å². The van der Waals surface area contributed by atoms with E-state index >= 15 is 0 Å². The number of hydrogen-bond donors (Lipinski definition) is 5. The van der Waals surface area contributed by atoms with Crippen LogP contribution in [0, 0.1) is 0 Å². The zero-order chi connectivity index (χ0) is 53.4. The van der Waals surface area contributed by atoms with Crippen molar-refractivity contribution in [3.63, 3.8) is 0 Å². The van der Waals surface area contributed by atoms with Crippen LogP contribution < -0.4 is 19.6 Å². The molecule has 23 nitrogen and oxygen atoms in total. The Morgan fingerprint density at radius 1 is 0.545 bits per heavy atom. The van der Waals surface area contributed by atoms with Gasteiger partial charge in [0, 0.05) is 81.1 Å². The van der Waals surface area contributed by atoms with E-state index in [2.05, 4.69) is 39.8 Å². The standard InChI is InChI=1S/C29H32N8O4.C25H26N8O3/c1-29(2,3)41-24(40)16-36-18-30-25-26(36)31-28(35-14-12-34(13-15-35)19-8-10-20(39)11-9-19)32-27(25)37-23-7-5-4-6-21(23)22(17-38)33-37;34-14-13-32-16-26-22-23(32)27-25(31-11-9-30(10-12-31)17-5-7-18(36)8-6-17)28-24(22)33-21-4-2-1-3-19(21)20(15-35)29-33/h4-11,18,38-39H,12-17H2,1-3H3;1-8,16,34-36H,9-15H2. The summed E-state index contributed by atoms with van der Waals surface area (Å²) in [5, 5.41) is 59.7. The fourth-order valence-electron chi connectivity index (χ4n) is 9.79. The van der Waals surface area contributed by atoms with Crippen LogP contribution in [0.25, 0.3) is 55.8 Å². The number of ether oxygens (including phenoxy) is 1. The number of aromatic nitrogens is 12. The maximum atomic E-state index is 12.7. The van der Waals surface area contributed by atoms with Crippen LogP contribution in [0.3, 0.4) is 0 Å². The SMILES string of the molecule is CC(C)(C)OC(=O)Cn1cnc2c(-n3nc(CO)c4ccccc43)nc(N3CCN(c4ccc(O)cc4)CC3)nc21.OCCn1cnc2c(-n3nc(CO)c4ccccc43)nc(N3CCN(c4ccc(O)cc4)CC3)nc21.